The van der Waals surface area contributed by atoms with Crippen molar-refractivity contribution in [2.45, 2.75) is 6.54 Å². The molecule has 0 saturated carbocycles. The Morgan fingerprint density at radius 3 is 2.75 bits per heavy atom. The van der Waals surface area contributed by atoms with Crippen molar-refractivity contribution in [3.63, 3.8) is 0 Å². The molecule has 2 N–H and O–H groups in total. The van der Waals surface area contributed by atoms with Crippen LogP contribution in [0, 0.1) is 5.82 Å². The van der Waals surface area contributed by atoms with E-state index in [1.54, 1.807) is 0 Å². The molecule has 1 amide bonds. The number of H-pyrrole nitrogens is 1. The van der Waals surface area contributed by atoms with Gasteiger partial charge < -0.3 is 5.32 Å². The summed E-state index contributed by atoms with van der Waals surface area (Å²) in [7, 11) is 0. The maximum atomic E-state index is 13.5. The fraction of sp³-hybridized carbons (Fsp3) is 0.0833. The number of anilines is 1. The Balaban J connectivity index is 2.13. The maximum absolute atomic E-state index is 13.5. The average Bonchev–Trinajstić information content (AvgIpc) is 2.36. The standard InChI is InChI=1S/C12H9ClFN3O3/c13-7-1-2-9(8(14)5-7)15-11(19)6-17-4-3-10(18)16-12(17)20/h1-5H,6H2,(H,15,19)(H,16,18,20). The molecule has 104 valence electrons. The Hall–Kier alpha value is -2.41. The summed E-state index contributed by atoms with van der Waals surface area (Å²) in [6.07, 6.45) is 1.18. The van der Waals surface area contributed by atoms with Gasteiger partial charge in [-0.1, -0.05) is 11.6 Å². The summed E-state index contributed by atoms with van der Waals surface area (Å²) in [6, 6.07) is 4.90. The van der Waals surface area contributed by atoms with Gasteiger partial charge in [-0.05, 0) is 18.2 Å². The highest BCUT2D eigenvalue weighted by Gasteiger charge is 2.09. The topological polar surface area (TPSA) is 84.0 Å². The Labute approximate surface area is 116 Å². The summed E-state index contributed by atoms with van der Waals surface area (Å²) >= 11 is 5.59. The number of carbonyl (C=O) groups is 1. The molecule has 0 saturated heterocycles. The SMILES string of the molecule is O=C(Cn1ccc(=O)[nH]c1=O)Nc1ccc(Cl)cc1F. The van der Waals surface area contributed by atoms with Crippen molar-refractivity contribution in [2.24, 2.45) is 0 Å². The monoisotopic (exact) mass is 297 g/mol. The lowest BCUT2D eigenvalue weighted by atomic mass is 10.3. The lowest BCUT2D eigenvalue weighted by Gasteiger charge is -2.07. The first-order valence-corrected chi connectivity index (χ1v) is 5.88. The fourth-order valence-corrected chi connectivity index (χ4v) is 1.66. The van der Waals surface area contributed by atoms with Gasteiger partial charge in [-0.25, -0.2) is 9.18 Å². The number of hydrogen-bond acceptors (Lipinski definition) is 3. The molecule has 0 aliphatic rings. The van der Waals surface area contributed by atoms with Crippen molar-refractivity contribution in [1.82, 2.24) is 9.55 Å². The van der Waals surface area contributed by atoms with Crippen LogP contribution in [0.3, 0.4) is 0 Å². The molecule has 1 aromatic carbocycles. The van der Waals surface area contributed by atoms with Crippen LogP contribution in [0.1, 0.15) is 0 Å². The van der Waals surface area contributed by atoms with Crippen molar-refractivity contribution in [1.29, 1.82) is 0 Å². The minimum absolute atomic E-state index is 0.0446. The lowest BCUT2D eigenvalue weighted by Crippen LogP contribution is -2.32. The summed E-state index contributed by atoms with van der Waals surface area (Å²) in [5.74, 6) is -1.29. The van der Waals surface area contributed by atoms with Crippen LogP contribution in [0.25, 0.3) is 0 Å². The number of aromatic nitrogens is 2. The molecule has 1 heterocycles. The van der Waals surface area contributed by atoms with Crippen molar-refractivity contribution in [2.75, 3.05) is 5.32 Å². The number of aromatic amines is 1. The Kier molecular flexibility index (Phi) is 3.99. The van der Waals surface area contributed by atoms with Crippen molar-refractivity contribution >= 4 is 23.2 Å². The minimum Gasteiger partial charge on any atom is -0.322 e. The molecule has 0 atom stereocenters. The Morgan fingerprint density at radius 1 is 1.35 bits per heavy atom. The molecule has 0 unspecified atom stereocenters. The molecular weight excluding hydrogens is 289 g/mol. The molecule has 0 fully saturated rings. The van der Waals surface area contributed by atoms with Crippen LogP contribution in [0.15, 0.2) is 40.1 Å². The number of rotatable bonds is 3. The van der Waals surface area contributed by atoms with E-state index in [4.69, 9.17) is 11.6 Å². The summed E-state index contributed by atoms with van der Waals surface area (Å²) in [5, 5.41) is 2.51. The predicted octanol–water partition coefficient (Wildman–Crippen LogP) is 0.968. The molecular formula is C12H9ClFN3O3. The number of amides is 1. The van der Waals surface area contributed by atoms with Gasteiger partial charge >= 0.3 is 5.69 Å². The molecule has 0 aliphatic heterocycles. The molecule has 0 spiro atoms. The van der Waals surface area contributed by atoms with Crippen LogP contribution < -0.4 is 16.6 Å². The zero-order valence-electron chi connectivity index (χ0n) is 10.0. The van der Waals surface area contributed by atoms with Crippen LogP contribution >= 0.6 is 11.6 Å². The van der Waals surface area contributed by atoms with E-state index in [0.717, 1.165) is 16.7 Å². The third-order valence-corrected chi connectivity index (χ3v) is 2.65. The molecule has 6 nitrogen and oxygen atoms in total. The number of hydrogen-bond donors (Lipinski definition) is 2. The average molecular weight is 298 g/mol. The number of nitrogens with one attached hydrogen (secondary N) is 2. The summed E-state index contributed by atoms with van der Waals surface area (Å²) in [5.41, 5.74) is -1.32. The Morgan fingerprint density at radius 2 is 2.10 bits per heavy atom. The molecule has 2 rings (SSSR count). The molecule has 0 radical (unpaired) electrons. The van der Waals surface area contributed by atoms with Gasteiger partial charge in [0.15, 0.2) is 0 Å². The quantitative estimate of drug-likeness (QED) is 0.885. The number of benzene rings is 1. The van der Waals surface area contributed by atoms with Gasteiger partial charge in [-0.15, -0.1) is 0 Å². The van der Waals surface area contributed by atoms with Crippen LogP contribution in [0.4, 0.5) is 10.1 Å². The van der Waals surface area contributed by atoms with Crippen molar-refractivity contribution in [3.8, 4) is 0 Å². The van der Waals surface area contributed by atoms with E-state index in [1.165, 1.54) is 18.3 Å². The third kappa shape index (κ3) is 3.33. The first kappa shape index (κ1) is 14.0. The first-order chi connectivity index (χ1) is 9.45. The van der Waals surface area contributed by atoms with Gasteiger partial charge in [-0.2, -0.15) is 0 Å². The fourth-order valence-electron chi connectivity index (χ4n) is 1.50. The van der Waals surface area contributed by atoms with Crippen LogP contribution in [-0.2, 0) is 11.3 Å². The molecule has 1 aromatic heterocycles. The minimum atomic E-state index is -0.718. The molecule has 0 bridgehead atoms. The highest BCUT2D eigenvalue weighted by Crippen LogP contribution is 2.18. The molecule has 8 heteroatoms. The van der Waals surface area contributed by atoms with E-state index in [9.17, 15) is 18.8 Å². The first-order valence-electron chi connectivity index (χ1n) is 5.50. The molecule has 0 aliphatic carbocycles. The summed E-state index contributed by atoms with van der Waals surface area (Å²) < 4.78 is 14.5. The van der Waals surface area contributed by atoms with E-state index in [0.29, 0.717) is 0 Å². The normalized spacial score (nSPS) is 10.3. The Bertz CT molecular complexity index is 769. The smallest absolute Gasteiger partial charge is 0.322 e. The number of halogens is 2. The second-order valence-electron chi connectivity index (χ2n) is 3.91. The van der Waals surface area contributed by atoms with Crippen LogP contribution in [0.2, 0.25) is 5.02 Å². The lowest BCUT2D eigenvalue weighted by molar-refractivity contribution is -0.116. The van der Waals surface area contributed by atoms with Crippen molar-refractivity contribution in [3.05, 3.63) is 62.1 Å². The number of carbonyl (C=O) groups excluding carboxylic acids is 1. The van der Waals surface area contributed by atoms with Gasteiger partial charge in [-0.3, -0.25) is 19.1 Å². The zero-order valence-corrected chi connectivity index (χ0v) is 10.8. The summed E-state index contributed by atoms with van der Waals surface area (Å²) in [4.78, 5) is 35.9. The predicted molar refractivity (Wildman–Crippen MR) is 71.4 cm³/mol. The molecule has 2 aromatic rings. The van der Waals surface area contributed by atoms with Crippen LogP contribution in [-0.4, -0.2) is 15.5 Å². The van der Waals surface area contributed by atoms with Gasteiger partial charge in [0.1, 0.15) is 12.4 Å². The van der Waals surface area contributed by atoms with E-state index in [1.807, 2.05) is 4.98 Å². The zero-order chi connectivity index (χ0) is 14.7. The van der Waals surface area contributed by atoms with E-state index in [2.05, 4.69) is 5.32 Å². The maximum Gasteiger partial charge on any atom is 0.328 e. The highest BCUT2D eigenvalue weighted by molar-refractivity contribution is 6.30. The second kappa shape index (κ2) is 5.70. The highest BCUT2D eigenvalue weighted by atomic mass is 35.5. The van der Waals surface area contributed by atoms with Gasteiger partial charge in [0.05, 0.1) is 5.69 Å². The van der Waals surface area contributed by atoms with Crippen molar-refractivity contribution < 1.29 is 9.18 Å². The third-order valence-electron chi connectivity index (χ3n) is 2.42. The largest absolute Gasteiger partial charge is 0.328 e. The molecule has 20 heavy (non-hydrogen) atoms. The van der Waals surface area contributed by atoms with Crippen LogP contribution in [0.5, 0.6) is 0 Å². The van der Waals surface area contributed by atoms with E-state index >= 15 is 0 Å². The van der Waals surface area contributed by atoms with Gasteiger partial charge in [0.2, 0.25) is 5.91 Å². The van der Waals surface area contributed by atoms with E-state index in [-0.39, 0.29) is 17.3 Å². The van der Waals surface area contributed by atoms with E-state index < -0.39 is 23.0 Å². The summed E-state index contributed by atoms with van der Waals surface area (Å²) in [6.45, 7) is -0.350. The number of nitrogens with zero attached hydrogens (tertiary/aromatic N) is 1. The van der Waals surface area contributed by atoms with Gasteiger partial charge in [0.25, 0.3) is 5.56 Å². The van der Waals surface area contributed by atoms with Gasteiger partial charge in [0, 0.05) is 17.3 Å². The second-order valence-corrected chi connectivity index (χ2v) is 4.35.